The standard InChI is InChI=1S/C13H17FN2O2/c1-8(2)16(9(3)4)13(18)11-10(7-17)5-6-15-12(11)14/h5-9H,1-4H3. The summed E-state index contributed by atoms with van der Waals surface area (Å²) in [6.07, 6.45) is 1.64. The molecule has 0 radical (unpaired) electrons. The highest BCUT2D eigenvalue weighted by atomic mass is 19.1. The predicted octanol–water partition coefficient (Wildman–Crippen LogP) is 2.29. The summed E-state index contributed by atoms with van der Waals surface area (Å²) in [6.45, 7) is 7.36. The average molecular weight is 252 g/mol. The molecule has 0 atom stereocenters. The molecule has 0 aromatic carbocycles. The lowest BCUT2D eigenvalue weighted by Gasteiger charge is -2.31. The van der Waals surface area contributed by atoms with Gasteiger partial charge in [-0.15, -0.1) is 0 Å². The van der Waals surface area contributed by atoms with Gasteiger partial charge in [-0.3, -0.25) is 9.59 Å². The third-order valence-corrected chi connectivity index (χ3v) is 2.62. The SMILES string of the molecule is CC(C)N(C(=O)c1c(C=O)ccnc1F)C(C)C. The first kappa shape index (κ1) is 14.3. The summed E-state index contributed by atoms with van der Waals surface area (Å²) >= 11 is 0. The molecule has 1 rings (SSSR count). The maximum atomic E-state index is 13.7. The summed E-state index contributed by atoms with van der Waals surface area (Å²) < 4.78 is 13.7. The van der Waals surface area contributed by atoms with Crippen molar-refractivity contribution < 1.29 is 14.0 Å². The van der Waals surface area contributed by atoms with Crippen molar-refractivity contribution in [2.24, 2.45) is 0 Å². The first-order valence-corrected chi connectivity index (χ1v) is 5.82. The van der Waals surface area contributed by atoms with Gasteiger partial charge in [0.15, 0.2) is 6.29 Å². The summed E-state index contributed by atoms with van der Waals surface area (Å²) in [5.74, 6) is -1.41. The van der Waals surface area contributed by atoms with Crippen LogP contribution in [0.1, 0.15) is 48.4 Å². The monoisotopic (exact) mass is 252 g/mol. The fraction of sp³-hybridized carbons (Fsp3) is 0.462. The second-order valence-corrected chi connectivity index (χ2v) is 4.58. The van der Waals surface area contributed by atoms with E-state index in [1.807, 2.05) is 27.7 Å². The van der Waals surface area contributed by atoms with Gasteiger partial charge in [-0.25, -0.2) is 4.98 Å². The lowest BCUT2D eigenvalue weighted by atomic mass is 10.1. The Morgan fingerprint density at radius 3 is 2.33 bits per heavy atom. The Balaban J connectivity index is 3.29. The minimum absolute atomic E-state index is 0.0267. The minimum Gasteiger partial charge on any atom is -0.334 e. The van der Waals surface area contributed by atoms with Crippen LogP contribution in [0, 0.1) is 5.95 Å². The Kier molecular flexibility index (Phi) is 4.53. The molecule has 0 aliphatic heterocycles. The zero-order chi connectivity index (χ0) is 13.9. The topological polar surface area (TPSA) is 50.3 Å². The number of rotatable bonds is 4. The molecule has 0 N–H and O–H groups in total. The van der Waals surface area contributed by atoms with E-state index in [2.05, 4.69) is 4.98 Å². The van der Waals surface area contributed by atoms with Gasteiger partial charge >= 0.3 is 0 Å². The van der Waals surface area contributed by atoms with Crippen LogP contribution < -0.4 is 0 Å². The Morgan fingerprint density at radius 1 is 1.33 bits per heavy atom. The molecule has 0 bridgehead atoms. The summed E-state index contributed by atoms with van der Waals surface area (Å²) in [7, 11) is 0. The summed E-state index contributed by atoms with van der Waals surface area (Å²) in [5.41, 5.74) is -0.228. The molecule has 98 valence electrons. The fourth-order valence-corrected chi connectivity index (χ4v) is 1.95. The quantitative estimate of drug-likeness (QED) is 0.610. The van der Waals surface area contributed by atoms with Crippen molar-refractivity contribution in [3.05, 3.63) is 29.3 Å². The number of carbonyl (C=O) groups is 2. The smallest absolute Gasteiger partial charge is 0.259 e. The largest absolute Gasteiger partial charge is 0.334 e. The first-order valence-electron chi connectivity index (χ1n) is 5.82. The van der Waals surface area contributed by atoms with E-state index in [4.69, 9.17) is 0 Å². The maximum absolute atomic E-state index is 13.7. The van der Waals surface area contributed by atoms with Crippen molar-refractivity contribution in [1.82, 2.24) is 9.88 Å². The van der Waals surface area contributed by atoms with E-state index >= 15 is 0 Å². The Labute approximate surface area is 106 Å². The van der Waals surface area contributed by atoms with Crippen LogP contribution in [0.5, 0.6) is 0 Å². The molecule has 0 unspecified atom stereocenters. The van der Waals surface area contributed by atoms with Gasteiger partial charge in [-0.1, -0.05) is 0 Å². The Hall–Kier alpha value is -1.78. The van der Waals surface area contributed by atoms with Gasteiger partial charge in [0.1, 0.15) is 5.56 Å². The van der Waals surface area contributed by atoms with Crippen LogP contribution in [-0.2, 0) is 0 Å². The van der Waals surface area contributed by atoms with Gasteiger partial charge in [0.05, 0.1) is 0 Å². The van der Waals surface area contributed by atoms with Crippen LogP contribution in [0.15, 0.2) is 12.3 Å². The normalized spacial score (nSPS) is 10.8. The molecule has 1 amide bonds. The first-order chi connectivity index (χ1) is 8.40. The zero-order valence-corrected chi connectivity index (χ0v) is 11.0. The van der Waals surface area contributed by atoms with E-state index in [0.717, 1.165) is 0 Å². The highest BCUT2D eigenvalue weighted by Gasteiger charge is 2.26. The van der Waals surface area contributed by atoms with Crippen LogP contribution in [0.2, 0.25) is 0 Å². The number of hydrogen-bond acceptors (Lipinski definition) is 3. The van der Waals surface area contributed by atoms with Crippen molar-refractivity contribution in [1.29, 1.82) is 0 Å². The van der Waals surface area contributed by atoms with Crippen molar-refractivity contribution in [3.8, 4) is 0 Å². The number of carbonyl (C=O) groups excluding carboxylic acids is 2. The van der Waals surface area contributed by atoms with E-state index < -0.39 is 11.9 Å². The molecular weight excluding hydrogens is 235 g/mol. The summed E-state index contributed by atoms with van der Waals surface area (Å²) in [5, 5.41) is 0. The molecule has 0 saturated carbocycles. The van der Waals surface area contributed by atoms with Crippen LogP contribution in [0.3, 0.4) is 0 Å². The molecule has 0 saturated heterocycles. The molecule has 1 aromatic rings. The summed E-state index contributed by atoms with van der Waals surface area (Å²) in [4.78, 5) is 28.2. The zero-order valence-electron chi connectivity index (χ0n) is 11.0. The molecule has 5 heteroatoms. The van der Waals surface area contributed by atoms with E-state index in [-0.39, 0.29) is 23.2 Å². The second kappa shape index (κ2) is 5.71. The Morgan fingerprint density at radius 2 is 1.89 bits per heavy atom. The van der Waals surface area contributed by atoms with Gasteiger partial charge < -0.3 is 4.90 Å². The number of aromatic nitrogens is 1. The van der Waals surface area contributed by atoms with E-state index in [9.17, 15) is 14.0 Å². The molecule has 0 spiro atoms. The van der Waals surface area contributed by atoms with Crippen molar-refractivity contribution in [2.75, 3.05) is 0 Å². The number of hydrogen-bond donors (Lipinski definition) is 0. The molecular formula is C13H17FN2O2. The van der Waals surface area contributed by atoms with Gasteiger partial charge in [0.2, 0.25) is 5.95 Å². The number of amides is 1. The van der Waals surface area contributed by atoms with Crippen LogP contribution >= 0.6 is 0 Å². The molecule has 0 fully saturated rings. The number of pyridine rings is 1. The minimum atomic E-state index is -0.907. The second-order valence-electron chi connectivity index (χ2n) is 4.58. The van der Waals surface area contributed by atoms with Crippen molar-refractivity contribution >= 4 is 12.2 Å². The van der Waals surface area contributed by atoms with Crippen molar-refractivity contribution in [3.63, 3.8) is 0 Å². The molecule has 18 heavy (non-hydrogen) atoms. The number of halogens is 1. The number of nitrogens with zero attached hydrogens (tertiary/aromatic N) is 2. The Bertz CT molecular complexity index is 450. The maximum Gasteiger partial charge on any atom is 0.259 e. The number of aldehydes is 1. The highest BCUT2D eigenvalue weighted by molar-refractivity contribution is 6.01. The third kappa shape index (κ3) is 2.72. The molecule has 4 nitrogen and oxygen atoms in total. The lowest BCUT2D eigenvalue weighted by molar-refractivity contribution is 0.0635. The summed E-state index contributed by atoms with van der Waals surface area (Å²) in [6, 6.07) is 1.16. The van der Waals surface area contributed by atoms with Crippen LogP contribution in [0.4, 0.5) is 4.39 Å². The lowest BCUT2D eigenvalue weighted by Crippen LogP contribution is -2.42. The molecule has 1 heterocycles. The predicted molar refractivity (Wildman–Crippen MR) is 66.0 cm³/mol. The van der Waals surface area contributed by atoms with E-state index in [1.165, 1.54) is 17.2 Å². The van der Waals surface area contributed by atoms with Gasteiger partial charge in [-0.05, 0) is 33.8 Å². The molecule has 0 aliphatic rings. The molecule has 0 aliphatic carbocycles. The fourth-order valence-electron chi connectivity index (χ4n) is 1.95. The van der Waals surface area contributed by atoms with Gasteiger partial charge in [0.25, 0.3) is 5.91 Å². The van der Waals surface area contributed by atoms with Crippen LogP contribution in [-0.4, -0.2) is 34.2 Å². The van der Waals surface area contributed by atoms with E-state index in [0.29, 0.717) is 6.29 Å². The molecule has 1 aromatic heterocycles. The highest BCUT2D eigenvalue weighted by Crippen LogP contribution is 2.16. The van der Waals surface area contributed by atoms with Gasteiger partial charge in [-0.2, -0.15) is 4.39 Å². The van der Waals surface area contributed by atoms with E-state index in [1.54, 1.807) is 0 Å². The van der Waals surface area contributed by atoms with Gasteiger partial charge in [0, 0.05) is 23.8 Å². The van der Waals surface area contributed by atoms with Crippen molar-refractivity contribution in [2.45, 2.75) is 39.8 Å². The van der Waals surface area contributed by atoms with Crippen LogP contribution in [0.25, 0.3) is 0 Å². The third-order valence-electron chi connectivity index (χ3n) is 2.62. The average Bonchev–Trinajstić information content (AvgIpc) is 2.27.